The SMILES string of the molecule is CN(Cc1ccn(C)n1)C(=O)NCC1CCc2ccccc2CC1. The van der Waals surface area contributed by atoms with E-state index in [2.05, 4.69) is 34.7 Å². The average molecular weight is 326 g/mol. The first-order valence-electron chi connectivity index (χ1n) is 8.66. The van der Waals surface area contributed by atoms with Crippen LogP contribution in [-0.2, 0) is 26.4 Å². The van der Waals surface area contributed by atoms with E-state index in [1.54, 1.807) is 9.58 Å². The van der Waals surface area contributed by atoms with Crippen molar-refractivity contribution in [3.63, 3.8) is 0 Å². The minimum Gasteiger partial charge on any atom is -0.338 e. The lowest BCUT2D eigenvalue weighted by molar-refractivity contribution is 0.203. The summed E-state index contributed by atoms with van der Waals surface area (Å²) in [6.07, 6.45) is 6.40. The number of hydrogen-bond donors (Lipinski definition) is 1. The third-order valence-electron chi connectivity index (χ3n) is 4.82. The molecule has 5 heteroatoms. The number of nitrogens with zero attached hydrogens (tertiary/aromatic N) is 3. The second kappa shape index (κ2) is 7.51. The van der Waals surface area contributed by atoms with E-state index in [0.717, 1.165) is 37.9 Å². The molecule has 5 nitrogen and oxygen atoms in total. The third-order valence-corrected chi connectivity index (χ3v) is 4.82. The van der Waals surface area contributed by atoms with E-state index < -0.39 is 0 Å². The van der Waals surface area contributed by atoms with Gasteiger partial charge in [-0.05, 0) is 48.8 Å². The number of carbonyl (C=O) groups excluding carboxylic acids is 1. The molecule has 0 unspecified atom stereocenters. The minimum absolute atomic E-state index is 0.0255. The van der Waals surface area contributed by atoms with Crippen LogP contribution in [0.15, 0.2) is 36.5 Å². The average Bonchev–Trinajstić information content (AvgIpc) is 2.88. The van der Waals surface area contributed by atoms with Gasteiger partial charge in [-0.2, -0.15) is 5.10 Å². The van der Waals surface area contributed by atoms with Crippen LogP contribution in [-0.4, -0.2) is 34.3 Å². The normalized spacial score (nSPS) is 14.8. The summed E-state index contributed by atoms with van der Waals surface area (Å²) in [7, 11) is 3.70. The van der Waals surface area contributed by atoms with Crippen LogP contribution >= 0.6 is 0 Å². The molecule has 0 fully saturated rings. The number of amides is 2. The number of carbonyl (C=O) groups is 1. The molecule has 0 radical (unpaired) electrons. The highest BCUT2D eigenvalue weighted by atomic mass is 16.2. The highest BCUT2D eigenvalue weighted by Crippen LogP contribution is 2.24. The number of urea groups is 1. The van der Waals surface area contributed by atoms with Gasteiger partial charge >= 0.3 is 6.03 Å². The summed E-state index contributed by atoms with van der Waals surface area (Å²) < 4.78 is 1.75. The predicted molar refractivity (Wildman–Crippen MR) is 94.6 cm³/mol. The van der Waals surface area contributed by atoms with Crippen molar-refractivity contribution in [2.45, 2.75) is 32.2 Å². The molecule has 1 aromatic carbocycles. The molecule has 2 amide bonds. The van der Waals surface area contributed by atoms with E-state index in [4.69, 9.17) is 0 Å². The van der Waals surface area contributed by atoms with Crippen molar-refractivity contribution in [2.75, 3.05) is 13.6 Å². The predicted octanol–water partition coefficient (Wildman–Crippen LogP) is 2.76. The summed E-state index contributed by atoms with van der Waals surface area (Å²) in [4.78, 5) is 14.0. The summed E-state index contributed by atoms with van der Waals surface area (Å²) in [6.45, 7) is 1.28. The first-order chi connectivity index (χ1) is 11.6. The smallest absolute Gasteiger partial charge is 0.317 e. The Labute approximate surface area is 143 Å². The molecule has 1 aromatic heterocycles. The van der Waals surface area contributed by atoms with Crippen molar-refractivity contribution in [3.8, 4) is 0 Å². The lowest BCUT2D eigenvalue weighted by Gasteiger charge is -2.20. The van der Waals surface area contributed by atoms with Crippen LogP contribution in [0.5, 0.6) is 0 Å². The quantitative estimate of drug-likeness (QED) is 0.878. The fourth-order valence-electron chi connectivity index (χ4n) is 3.34. The van der Waals surface area contributed by atoms with Gasteiger partial charge in [-0.1, -0.05) is 24.3 Å². The van der Waals surface area contributed by atoms with Crippen molar-refractivity contribution in [1.29, 1.82) is 0 Å². The zero-order chi connectivity index (χ0) is 16.9. The number of aromatic nitrogens is 2. The molecule has 0 atom stereocenters. The molecule has 128 valence electrons. The largest absolute Gasteiger partial charge is 0.338 e. The van der Waals surface area contributed by atoms with Gasteiger partial charge < -0.3 is 10.2 Å². The molecule has 3 rings (SSSR count). The van der Waals surface area contributed by atoms with E-state index >= 15 is 0 Å². The standard InChI is InChI=1S/C19H26N4O/c1-22(14-18-11-12-23(2)21-18)19(24)20-13-15-7-9-16-5-3-4-6-17(16)10-8-15/h3-6,11-12,15H,7-10,13-14H2,1-2H3,(H,20,24). The van der Waals surface area contributed by atoms with Crippen LogP contribution in [0, 0.1) is 5.92 Å². The molecule has 1 aliphatic carbocycles. The molecule has 0 saturated heterocycles. The lowest BCUT2D eigenvalue weighted by atomic mass is 10.00. The van der Waals surface area contributed by atoms with Crippen molar-refractivity contribution in [3.05, 3.63) is 53.3 Å². The van der Waals surface area contributed by atoms with Gasteiger partial charge in [0.2, 0.25) is 0 Å². The second-order valence-electron chi connectivity index (χ2n) is 6.73. The van der Waals surface area contributed by atoms with E-state index in [1.165, 1.54) is 11.1 Å². The van der Waals surface area contributed by atoms with Gasteiger partial charge in [0, 0.05) is 26.8 Å². The number of nitrogens with one attached hydrogen (secondary N) is 1. The van der Waals surface area contributed by atoms with Gasteiger partial charge in [0.15, 0.2) is 0 Å². The van der Waals surface area contributed by atoms with Gasteiger partial charge in [0.25, 0.3) is 0 Å². The van der Waals surface area contributed by atoms with Crippen LogP contribution in [0.25, 0.3) is 0 Å². The number of benzene rings is 1. The van der Waals surface area contributed by atoms with Crippen LogP contribution in [0.1, 0.15) is 29.7 Å². The molecular formula is C19H26N4O. The molecule has 24 heavy (non-hydrogen) atoms. The summed E-state index contributed by atoms with van der Waals surface area (Å²) in [5.41, 5.74) is 3.84. The summed E-state index contributed by atoms with van der Waals surface area (Å²) >= 11 is 0. The molecule has 1 aliphatic rings. The van der Waals surface area contributed by atoms with Crippen LogP contribution in [0.3, 0.4) is 0 Å². The summed E-state index contributed by atoms with van der Waals surface area (Å²) in [5.74, 6) is 0.546. The maximum Gasteiger partial charge on any atom is 0.317 e. The molecular weight excluding hydrogens is 300 g/mol. The molecule has 0 bridgehead atoms. The van der Waals surface area contributed by atoms with E-state index in [1.807, 2.05) is 26.4 Å². The van der Waals surface area contributed by atoms with Gasteiger partial charge in [-0.3, -0.25) is 4.68 Å². The van der Waals surface area contributed by atoms with Gasteiger partial charge in [-0.15, -0.1) is 0 Å². The molecule has 1 N–H and O–H groups in total. The fraction of sp³-hybridized carbons (Fsp3) is 0.474. The Hall–Kier alpha value is -2.30. The van der Waals surface area contributed by atoms with Crippen molar-refractivity contribution in [1.82, 2.24) is 20.0 Å². The van der Waals surface area contributed by atoms with Gasteiger partial charge in [-0.25, -0.2) is 4.79 Å². The number of aryl methyl sites for hydroxylation is 3. The molecule has 2 aromatic rings. The van der Waals surface area contributed by atoms with Gasteiger partial charge in [0.05, 0.1) is 12.2 Å². The summed E-state index contributed by atoms with van der Waals surface area (Å²) in [5, 5.41) is 7.40. The molecule has 1 heterocycles. The number of rotatable bonds is 4. The Balaban J connectivity index is 1.46. The van der Waals surface area contributed by atoms with Crippen LogP contribution in [0.2, 0.25) is 0 Å². The molecule has 0 spiro atoms. The number of fused-ring (bicyclic) bond motifs is 1. The fourth-order valence-corrected chi connectivity index (χ4v) is 3.34. The highest BCUT2D eigenvalue weighted by molar-refractivity contribution is 5.73. The maximum absolute atomic E-state index is 12.3. The Morgan fingerprint density at radius 3 is 2.50 bits per heavy atom. The maximum atomic E-state index is 12.3. The van der Waals surface area contributed by atoms with E-state index in [-0.39, 0.29) is 6.03 Å². The minimum atomic E-state index is -0.0255. The number of hydrogen-bond acceptors (Lipinski definition) is 2. The Morgan fingerprint density at radius 2 is 1.92 bits per heavy atom. The molecule has 0 aliphatic heterocycles. The topological polar surface area (TPSA) is 50.2 Å². The van der Waals surface area contributed by atoms with Crippen LogP contribution in [0.4, 0.5) is 4.79 Å². The zero-order valence-corrected chi connectivity index (χ0v) is 14.5. The van der Waals surface area contributed by atoms with Crippen molar-refractivity contribution in [2.24, 2.45) is 13.0 Å². The Kier molecular flexibility index (Phi) is 5.18. The van der Waals surface area contributed by atoms with E-state index in [9.17, 15) is 4.79 Å². The lowest BCUT2D eigenvalue weighted by Crippen LogP contribution is -2.39. The zero-order valence-electron chi connectivity index (χ0n) is 14.5. The monoisotopic (exact) mass is 326 g/mol. The molecule has 0 saturated carbocycles. The first-order valence-corrected chi connectivity index (χ1v) is 8.66. The van der Waals surface area contributed by atoms with Crippen LogP contribution < -0.4 is 5.32 Å². The Morgan fingerprint density at radius 1 is 1.25 bits per heavy atom. The third kappa shape index (κ3) is 4.16. The van der Waals surface area contributed by atoms with Crippen molar-refractivity contribution >= 4 is 6.03 Å². The second-order valence-corrected chi connectivity index (χ2v) is 6.73. The van der Waals surface area contributed by atoms with E-state index in [0.29, 0.717) is 12.5 Å². The summed E-state index contributed by atoms with van der Waals surface area (Å²) in [6, 6.07) is 10.6. The first kappa shape index (κ1) is 16.6. The van der Waals surface area contributed by atoms with Crippen molar-refractivity contribution < 1.29 is 4.79 Å². The highest BCUT2D eigenvalue weighted by Gasteiger charge is 2.18. The Bertz CT molecular complexity index is 667. The van der Waals surface area contributed by atoms with Gasteiger partial charge in [0.1, 0.15) is 0 Å².